The zero-order valence-corrected chi connectivity index (χ0v) is 24.0. The van der Waals surface area contributed by atoms with Gasteiger partial charge in [0.1, 0.15) is 12.4 Å². The van der Waals surface area contributed by atoms with Gasteiger partial charge in [0, 0.05) is 50.8 Å². The Bertz CT molecular complexity index is 1560. The molecule has 0 atom stereocenters. The summed E-state index contributed by atoms with van der Waals surface area (Å²) in [4.78, 5) is 25.0. The molecule has 0 aliphatic carbocycles. The van der Waals surface area contributed by atoms with Gasteiger partial charge in [0.2, 0.25) is 0 Å². The number of carbonyl (C=O) groups is 2. The molecule has 1 aromatic heterocycles. The Morgan fingerprint density at radius 3 is 2.23 bits per heavy atom. The topological polar surface area (TPSA) is 93.0 Å². The maximum atomic E-state index is 14.1. The summed E-state index contributed by atoms with van der Waals surface area (Å²) in [5, 5.41) is 11.5. The van der Waals surface area contributed by atoms with Crippen molar-refractivity contribution in [1.82, 2.24) is 14.8 Å². The minimum absolute atomic E-state index is 0.0906. The average Bonchev–Trinajstić information content (AvgIpc) is 3.32. The zero-order valence-electron chi connectivity index (χ0n) is 24.0. The monoisotopic (exact) mass is 597 g/mol. The number of methoxy groups -OCH3 is 1. The van der Waals surface area contributed by atoms with Crippen molar-refractivity contribution in [3.63, 3.8) is 0 Å². The number of rotatable bonds is 8. The van der Waals surface area contributed by atoms with Crippen LogP contribution < -0.4 is 10.1 Å². The van der Waals surface area contributed by atoms with Crippen LogP contribution in [0.3, 0.4) is 0 Å². The van der Waals surface area contributed by atoms with Crippen molar-refractivity contribution in [2.75, 3.05) is 46.5 Å². The van der Waals surface area contributed by atoms with Crippen molar-refractivity contribution in [3.05, 3.63) is 95.2 Å². The van der Waals surface area contributed by atoms with Crippen LogP contribution in [0.15, 0.2) is 72.8 Å². The summed E-state index contributed by atoms with van der Waals surface area (Å²) in [7, 11) is 1.67. The second-order valence-corrected chi connectivity index (χ2v) is 9.93. The summed E-state index contributed by atoms with van der Waals surface area (Å²) in [6, 6.07) is 24.6. The number of hydrogen-bond acceptors (Lipinski definition) is 5. The van der Waals surface area contributed by atoms with Crippen LogP contribution in [0.4, 0.5) is 13.2 Å². The van der Waals surface area contributed by atoms with Crippen molar-refractivity contribution in [3.8, 4) is 11.4 Å². The van der Waals surface area contributed by atoms with E-state index in [4.69, 9.17) is 19.4 Å². The second-order valence-electron chi connectivity index (χ2n) is 9.93. The molecule has 1 aliphatic rings. The fraction of sp³-hybridized carbons (Fsp3) is 0.312. The number of nitrogens with one attached hydrogen (secondary N) is 1. The van der Waals surface area contributed by atoms with Crippen LogP contribution in [-0.4, -0.2) is 79.1 Å². The van der Waals surface area contributed by atoms with Gasteiger partial charge in [0.25, 0.3) is 5.91 Å². The number of carboxylic acid groups (broad SMARTS) is 1. The molecule has 1 saturated heterocycles. The zero-order chi connectivity index (χ0) is 31.0. The van der Waals surface area contributed by atoms with Gasteiger partial charge in [-0.05, 0) is 36.2 Å². The standard InChI is InChI=1S/C30H33N3O3.C2HF3O2/c1-22-9-3-4-10-23(22)21-27-29(30(34)32-17-15-31-16-18-32)24-11-5-6-12-25(24)33(27)26-13-7-8-14-28(26)36-20-19-35-2;3-2(4,5)1(6)7/h3-14,31H,15-21H2,1-2H3;(H,6,7). The number of halogens is 3. The Labute approximate surface area is 247 Å². The first-order chi connectivity index (χ1) is 20.6. The number of hydrogen-bond donors (Lipinski definition) is 2. The van der Waals surface area contributed by atoms with Gasteiger partial charge in [-0.2, -0.15) is 13.2 Å². The molecule has 11 heteroatoms. The first kappa shape index (κ1) is 31.6. The summed E-state index contributed by atoms with van der Waals surface area (Å²) in [5.41, 5.74) is 6.10. The van der Waals surface area contributed by atoms with Gasteiger partial charge in [0.15, 0.2) is 0 Å². The number of alkyl halides is 3. The van der Waals surface area contributed by atoms with E-state index in [1.165, 1.54) is 11.1 Å². The lowest BCUT2D eigenvalue weighted by Gasteiger charge is -2.28. The van der Waals surface area contributed by atoms with E-state index in [0.29, 0.717) is 32.7 Å². The molecule has 0 spiro atoms. The van der Waals surface area contributed by atoms with Crippen LogP contribution in [-0.2, 0) is 16.0 Å². The average molecular weight is 598 g/mol. The number of aliphatic carboxylic acids is 1. The number of amides is 1. The van der Waals surface area contributed by atoms with Gasteiger partial charge in [0.05, 0.1) is 23.4 Å². The molecule has 228 valence electrons. The number of fused-ring (bicyclic) bond motifs is 1. The Hall–Kier alpha value is -4.35. The van der Waals surface area contributed by atoms with Crippen molar-refractivity contribution < 1.29 is 37.3 Å². The Morgan fingerprint density at radius 2 is 1.56 bits per heavy atom. The summed E-state index contributed by atoms with van der Waals surface area (Å²) in [6.07, 6.45) is -4.44. The van der Waals surface area contributed by atoms with E-state index in [2.05, 4.69) is 59.3 Å². The molecule has 0 saturated carbocycles. The van der Waals surface area contributed by atoms with Gasteiger partial charge in [-0.25, -0.2) is 4.79 Å². The SMILES string of the molecule is COCCOc1ccccc1-n1c(Cc2ccccc2C)c(C(=O)N2CCNCC2)c2ccccc21.O=C(O)C(F)(F)F. The molecular formula is C32H34F3N3O5. The smallest absolute Gasteiger partial charge is 0.489 e. The van der Waals surface area contributed by atoms with E-state index >= 15 is 0 Å². The Balaban J connectivity index is 0.000000541. The minimum Gasteiger partial charge on any atom is -0.489 e. The van der Waals surface area contributed by atoms with E-state index in [9.17, 15) is 18.0 Å². The van der Waals surface area contributed by atoms with Gasteiger partial charge < -0.3 is 29.4 Å². The lowest BCUT2D eigenvalue weighted by Crippen LogP contribution is -2.46. The quantitative estimate of drug-likeness (QED) is 0.270. The van der Waals surface area contributed by atoms with Gasteiger partial charge in [-0.3, -0.25) is 4.79 Å². The molecule has 8 nitrogen and oxygen atoms in total. The highest BCUT2D eigenvalue weighted by Gasteiger charge is 2.38. The van der Waals surface area contributed by atoms with Gasteiger partial charge in [-0.15, -0.1) is 0 Å². The third-order valence-corrected chi connectivity index (χ3v) is 7.10. The molecule has 0 radical (unpaired) electrons. The number of benzene rings is 3. The Kier molecular flexibility index (Phi) is 10.4. The predicted octanol–water partition coefficient (Wildman–Crippen LogP) is 5.23. The highest BCUT2D eigenvalue weighted by Crippen LogP contribution is 2.36. The molecular weight excluding hydrogens is 563 g/mol. The highest BCUT2D eigenvalue weighted by atomic mass is 19.4. The van der Waals surface area contributed by atoms with E-state index in [0.717, 1.165) is 46.7 Å². The first-order valence-electron chi connectivity index (χ1n) is 13.8. The van der Waals surface area contributed by atoms with Crippen molar-refractivity contribution in [2.24, 2.45) is 0 Å². The number of nitrogens with zero attached hydrogens (tertiary/aromatic N) is 2. The third kappa shape index (κ3) is 7.54. The van der Waals surface area contributed by atoms with Crippen LogP contribution in [0.25, 0.3) is 16.6 Å². The number of ether oxygens (including phenoxy) is 2. The molecule has 0 bridgehead atoms. The van der Waals surface area contributed by atoms with Crippen molar-refractivity contribution >= 4 is 22.8 Å². The maximum Gasteiger partial charge on any atom is 0.490 e. The summed E-state index contributed by atoms with van der Waals surface area (Å²) in [6.45, 7) is 6.12. The number of aryl methyl sites for hydroxylation is 1. The molecule has 4 aromatic rings. The van der Waals surface area contributed by atoms with E-state index < -0.39 is 12.1 Å². The Morgan fingerprint density at radius 1 is 0.930 bits per heavy atom. The van der Waals surface area contributed by atoms with Crippen molar-refractivity contribution in [1.29, 1.82) is 0 Å². The minimum atomic E-state index is -5.08. The third-order valence-electron chi connectivity index (χ3n) is 7.10. The first-order valence-corrected chi connectivity index (χ1v) is 13.8. The number of aromatic nitrogens is 1. The van der Waals surface area contributed by atoms with Crippen LogP contribution in [0.1, 0.15) is 27.2 Å². The number of para-hydroxylation sites is 3. The number of carbonyl (C=O) groups excluding carboxylic acids is 1. The maximum absolute atomic E-state index is 14.1. The molecule has 1 fully saturated rings. The molecule has 0 unspecified atom stereocenters. The molecule has 1 amide bonds. The fourth-order valence-corrected chi connectivity index (χ4v) is 4.99. The van der Waals surface area contributed by atoms with Crippen molar-refractivity contribution in [2.45, 2.75) is 19.5 Å². The lowest BCUT2D eigenvalue weighted by atomic mass is 10.00. The molecule has 5 rings (SSSR count). The lowest BCUT2D eigenvalue weighted by molar-refractivity contribution is -0.192. The molecule has 43 heavy (non-hydrogen) atoms. The fourth-order valence-electron chi connectivity index (χ4n) is 4.99. The molecule has 1 aliphatic heterocycles. The van der Waals surface area contributed by atoms with Gasteiger partial charge >= 0.3 is 12.1 Å². The van der Waals surface area contributed by atoms with Crippen LogP contribution in [0.5, 0.6) is 5.75 Å². The van der Waals surface area contributed by atoms with Gasteiger partial charge in [-0.1, -0.05) is 54.6 Å². The van der Waals surface area contributed by atoms with E-state index in [-0.39, 0.29) is 5.91 Å². The molecule has 2 heterocycles. The van der Waals surface area contributed by atoms with Crippen LogP contribution in [0.2, 0.25) is 0 Å². The normalized spacial score (nSPS) is 13.4. The summed E-state index contributed by atoms with van der Waals surface area (Å²) >= 11 is 0. The van der Waals surface area contributed by atoms with E-state index in [1.54, 1.807) is 7.11 Å². The number of carboxylic acids is 1. The number of piperazine rings is 1. The van der Waals surface area contributed by atoms with E-state index in [1.807, 2.05) is 35.2 Å². The summed E-state index contributed by atoms with van der Waals surface area (Å²) < 4.78 is 45.3. The highest BCUT2D eigenvalue weighted by molar-refractivity contribution is 6.09. The predicted molar refractivity (Wildman–Crippen MR) is 157 cm³/mol. The molecule has 3 aromatic carbocycles. The second kappa shape index (κ2) is 14.2. The summed E-state index contributed by atoms with van der Waals surface area (Å²) in [5.74, 6) is -1.90. The largest absolute Gasteiger partial charge is 0.490 e. The van der Waals surface area contributed by atoms with Crippen LogP contribution in [0, 0.1) is 6.92 Å². The van der Waals surface area contributed by atoms with Crippen LogP contribution >= 0.6 is 0 Å². The molecule has 2 N–H and O–H groups in total.